The number of ether oxygens (including phenoxy) is 1. The van der Waals surface area contributed by atoms with Crippen molar-refractivity contribution in [3.8, 4) is 0 Å². The van der Waals surface area contributed by atoms with Crippen LogP contribution in [0.15, 0.2) is 30.5 Å². The van der Waals surface area contributed by atoms with Crippen molar-refractivity contribution >= 4 is 17.7 Å². The summed E-state index contributed by atoms with van der Waals surface area (Å²) in [5, 5.41) is 12.8. The van der Waals surface area contributed by atoms with Gasteiger partial charge in [0.05, 0.1) is 18.8 Å². The molecule has 2 saturated heterocycles. The van der Waals surface area contributed by atoms with Crippen LogP contribution in [0.2, 0.25) is 0 Å². The van der Waals surface area contributed by atoms with Crippen molar-refractivity contribution in [2.45, 2.75) is 38.0 Å². The summed E-state index contributed by atoms with van der Waals surface area (Å²) in [6, 6.07) is 4.81. The van der Waals surface area contributed by atoms with E-state index >= 15 is 0 Å². The van der Waals surface area contributed by atoms with Crippen LogP contribution in [-0.4, -0.2) is 88.7 Å². The molecule has 2 aromatic rings. The number of nitrogens with zero attached hydrogens (tertiary/aromatic N) is 5. The maximum Gasteiger partial charge on any atom is 0.416 e. The van der Waals surface area contributed by atoms with E-state index in [1.807, 2.05) is 11.9 Å². The molecule has 1 aromatic heterocycles. The Morgan fingerprint density at radius 2 is 1.81 bits per heavy atom. The lowest BCUT2D eigenvalue weighted by Gasteiger charge is -2.45. The van der Waals surface area contributed by atoms with Gasteiger partial charge in [-0.2, -0.15) is 23.0 Å². The third-order valence-corrected chi connectivity index (χ3v) is 7.21. The predicted molar refractivity (Wildman–Crippen MR) is 125 cm³/mol. The number of carboxylic acid groups (broad SMARTS) is 1. The van der Waals surface area contributed by atoms with Crippen molar-refractivity contribution in [3.63, 3.8) is 0 Å². The fraction of sp³-hybridized carbons (Fsp3) is 0.542. The average molecular weight is 510 g/mol. The first-order chi connectivity index (χ1) is 17.0. The van der Waals surface area contributed by atoms with E-state index in [4.69, 9.17) is 9.84 Å². The zero-order chi connectivity index (χ0) is 26.1. The van der Waals surface area contributed by atoms with E-state index in [0.29, 0.717) is 64.5 Å². The molecule has 2 aliphatic rings. The predicted octanol–water partition coefficient (Wildman–Crippen LogP) is 3.39. The van der Waals surface area contributed by atoms with Gasteiger partial charge in [-0.3, -0.25) is 4.90 Å². The number of rotatable bonds is 5. The molecule has 1 aromatic carbocycles. The van der Waals surface area contributed by atoms with Crippen LogP contribution >= 0.6 is 0 Å². The van der Waals surface area contributed by atoms with Gasteiger partial charge >= 0.3 is 18.2 Å². The second-order valence-electron chi connectivity index (χ2n) is 9.51. The summed E-state index contributed by atoms with van der Waals surface area (Å²) in [5.41, 5.74) is 0.239. The zero-order valence-corrected chi connectivity index (χ0v) is 20.3. The highest BCUT2D eigenvalue weighted by molar-refractivity contribution is 5.86. The van der Waals surface area contributed by atoms with Crippen molar-refractivity contribution < 1.29 is 32.6 Å². The summed E-state index contributed by atoms with van der Waals surface area (Å²) in [6.45, 7) is 5.44. The molecule has 0 radical (unpaired) electrons. The van der Waals surface area contributed by atoms with Gasteiger partial charge in [0.15, 0.2) is 5.69 Å². The first-order valence-corrected chi connectivity index (χ1v) is 11.8. The highest BCUT2D eigenvalue weighted by Gasteiger charge is 2.37. The summed E-state index contributed by atoms with van der Waals surface area (Å²) in [7, 11) is 1.95. The summed E-state index contributed by atoms with van der Waals surface area (Å²) >= 11 is 0. The van der Waals surface area contributed by atoms with Gasteiger partial charge in [0.2, 0.25) is 0 Å². The monoisotopic (exact) mass is 509 g/mol. The Balaban J connectivity index is 1.46. The standard InChI is InChI=1S/C24H30F3N5O4/c1-23(6-9-31(10-7-23)22(35)32-8-5-19(28-32)21(33)34)29(2)16-17-3-4-18(24(25,26)27)15-20(17)30-11-13-36-14-12-30/h3-5,8,15H,6-7,9-14,16H2,1-2H3,(H,33,34). The molecule has 0 unspecified atom stereocenters. The summed E-state index contributed by atoms with van der Waals surface area (Å²) in [6.07, 6.45) is -1.79. The Labute approximate surface area is 207 Å². The minimum Gasteiger partial charge on any atom is -0.476 e. The number of morpholine rings is 1. The van der Waals surface area contributed by atoms with Crippen LogP contribution in [0.25, 0.3) is 0 Å². The van der Waals surface area contributed by atoms with Gasteiger partial charge < -0.3 is 19.6 Å². The van der Waals surface area contributed by atoms with Crippen LogP contribution < -0.4 is 4.90 Å². The molecule has 12 heteroatoms. The van der Waals surface area contributed by atoms with Gasteiger partial charge in [0.25, 0.3) is 0 Å². The van der Waals surface area contributed by atoms with Crippen LogP contribution in [0.3, 0.4) is 0 Å². The molecule has 4 rings (SSSR count). The summed E-state index contributed by atoms with van der Waals surface area (Å²) in [5.74, 6) is -1.20. The van der Waals surface area contributed by atoms with E-state index in [0.717, 1.165) is 16.3 Å². The maximum atomic E-state index is 13.4. The molecular weight excluding hydrogens is 479 g/mol. The van der Waals surface area contributed by atoms with Crippen molar-refractivity contribution in [2.24, 2.45) is 0 Å². The average Bonchev–Trinajstić information content (AvgIpc) is 3.35. The smallest absolute Gasteiger partial charge is 0.416 e. The Bertz CT molecular complexity index is 1110. The van der Waals surface area contributed by atoms with Crippen LogP contribution in [0, 0.1) is 0 Å². The largest absolute Gasteiger partial charge is 0.476 e. The lowest BCUT2D eigenvalue weighted by molar-refractivity contribution is -0.137. The maximum absolute atomic E-state index is 13.4. The van der Waals surface area contributed by atoms with E-state index in [2.05, 4.69) is 16.9 Å². The molecule has 196 valence electrons. The number of likely N-dealkylation sites (tertiary alicyclic amines) is 1. The van der Waals surface area contributed by atoms with Crippen LogP contribution in [0.1, 0.15) is 41.4 Å². The van der Waals surface area contributed by atoms with Gasteiger partial charge in [-0.1, -0.05) is 6.07 Å². The number of halogens is 3. The number of piperidine rings is 1. The second kappa shape index (κ2) is 10.1. The molecule has 3 heterocycles. The van der Waals surface area contributed by atoms with Crippen LogP contribution in [0.4, 0.5) is 23.7 Å². The molecule has 2 fully saturated rings. The normalized spacial score (nSPS) is 18.5. The van der Waals surface area contributed by atoms with E-state index in [1.165, 1.54) is 18.3 Å². The number of hydrogen-bond donors (Lipinski definition) is 1. The molecule has 36 heavy (non-hydrogen) atoms. The molecular formula is C24H30F3N5O4. The first-order valence-electron chi connectivity index (χ1n) is 11.8. The van der Waals surface area contributed by atoms with Gasteiger partial charge in [-0.15, -0.1) is 0 Å². The Kier molecular flexibility index (Phi) is 7.28. The number of amides is 1. The third kappa shape index (κ3) is 5.49. The van der Waals surface area contributed by atoms with Crippen molar-refractivity contribution in [1.29, 1.82) is 0 Å². The SMILES string of the molecule is CN(Cc1ccc(C(F)(F)F)cc1N1CCOCC1)C1(C)CCN(C(=O)n2ccc(C(=O)O)n2)CC1. The minimum absolute atomic E-state index is 0.197. The van der Waals surface area contributed by atoms with Crippen molar-refractivity contribution in [1.82, 2.24) is 19.6 Å². The number of carboxylic acids is 1. The molecule has 0 atom stereocenters. The number of benzene rings is 1. The fourth-order valence-electron chi connectivity index (χ4n) is 4.67. The molecule has 0 aliphatic carbocycles. The molecule has 1 amide bonds. The molecule has 0 bridgehead atoms. The lowest BCUT2D eigenvalue weighted by Crippen LogP contribution is -2.53. The van der Waals surface area contributed by atoms with E-state index in [-0.39, 0.29) is 17.3 Å². The topological polar surface area (TPSA) is 91.1 Å². The number of carbonyl (C=O) groups is 2. The quantitative estimate of drug-likeness (QED) is 0.661. The van der Waals surface area contributed by atoms with Gasteiger partial charge in [0.1, 0.15) is 0 Å². The van der Waals surface area contributed by atoms with Gasteiger partial charge in [-0.25, -0.2) is 9.59 Å². The van der Waals surface area contributed by atoms with Crippen LogP contribution in [0.5, 0.6) is 0 Å². The molecule has 9 nitrogen and oxygen atoms in total. The van der Waals surface area contributed by atoms with E-state index in [1.54, 1.807) is 11.0 Å². The van der Waals surface area contributed by atoms with Gasteiger partial charge in [-0.05, 0) is 50.6 Å². The highest BCUT2D eigenvalue weighted by Crippen LogP contribution is 2.36. The Hall–Kier alpha value is -3.12. The number of carbonyl (C=O) groups excluding carboxylic acids is 1. The summed E-state index contributed by atoms with van der Waals surface area (Å²) in [4.78, 5) is 29.5. The minimum atomic E-state index is -4.42. The lowest BCUT2D eigenvalue weighted by atomic mass is 9.87. The molecule has 0 saturated carbocycles. The van der Waals surface area contributed by atoms with E-state index in [9.17, 15) is 22.8 Å². The molecule has 2 aliphatic heterocycles. The summed E-state index contributed by atoms with van der Waals surface area (Å²) < 4.78 is 46.7. The number of aromatic carboxylic acids is 1. The number of hydrogen-bond acceptors (Lipinski definition) is 6. The van der Waals surface area contributed by atoms with Crippen LogP contribution in [-0.2, 0) is 17.5 Å². The highest BCUT2D eigenvalue weighted by atomic mass is 19.4. The first kappa shape index (κ1) is 26.0. The molecule has 1 N–H and O–H groups in total. The Morgan fingerprint density at radius 3 is 2.39 bits per heavy atom. The van der Waals surface area contributed by atoms with E-state index < -0.39 is 17.7 Å². The second-order valence-corrected chi connectivity index (χ2v) is 9.51. The van der Waals surface area contributed by atoms with Crippen molar-refractivity contribution in [2.75, 3.05) is 51.3 Å². The Morgan fingerprint density at radius 1 is 1.14 bits per heavy atom. The fourth-order valence-corrected chi connectivity index (χ4v) is 4.67. The number of alkyl halides is 3. The van der Waals surface area contributed by atoms with Gasteiger partial charge in [0, 0.05) is 50.1 Å². The third-order valence-electron chi connectivity index (χ3n) is 7.21. The zero-order valence-electron chi connectivity index (χ0n) is 20.3. The van der Waals surface area contributed by atoms with Crippen molar-refractivity contribution in [3.05, 3.63) is 47.3 Å². The molecule has 0 spiro atoms. The number of anilines is 1. The number of aromatic nitrogens is 2.